The molecule has 10 heteroatoms. The van der Waals surface area contributed by atoms with E-state index in [0.717, 1.165) is 22.2 Å². The summed E-state index contributed by atoms with van der Waals surface area (Å²) in [5.74, 6) is -0.0312. The minimum absolute atomic E-state index is 0.0200. The van der Waals surface area contributed by atoms with Crippen LogP contribution in [-0.4, -0.2) is 68.3 Å². The minimum Gasteiger partial charge on any atom is -0.507 e. The molecule has 1 atom stereocenters. The number of phenolic OH excluding ortho intramolecular Hbond substituents is 1. The molecule has 8 nitrogen and oxygen atoms in total. The van der Waals surface area contributed by atoms with Crippen LogP contribution >= 0.6 is 23.2 Å². The number of esters is 2. The number of anilines is 1. The fraction of sp³-hybridized carbons (Fsp3) is 0.357. The molecule has 0 aliphatic heterocycles. The Kier molecular flexibility index (Phi) is 10.9. The van der Waals surface area contributed by atoms with Crippen molar-refractivity contribution < 1.29 is 28.9 Å². The van der Waals surface area contributed by atoms with Crippen LogP contribution in [0.25, 0.3) is 10.8 Å². The fourth-order valence-corrected chi connectivity index (χ4v) is 4.53. The van der Waals surface area contributed by atoms with E-state index in [1.54, 1.807) is 12.1 Å². The highest BCUT2D eigenvalue weighted by Crippen LogP contribution is 2.33. The quantitative estimate of drug-likeness (QED) is 0.179. The molecule has 3 aromatic carbocycles. The molecule has 0 fully saturated rings. The van der Waals surface area contributed by atoms with Gasteiger partial charge in [0.15, 0.2) is 0 Å². The molecule has 0 aliphatic carbocycles. The molecule has 204 valence electrons. The average molecular weight is 563 g/mol. The molecule has 38 heavy (non-hydrogen) atoms. The molecule has 3 aromatic rings. The van der Waals surface area contributed by atoms with Gasteiger partial charge in [-0.1, -0.05) is 18.2 Å². The van der Waals surface area contributed by atoms with Gasteiger partial charge in [0.05, 0.1) is 7.11 Å². The van der Waals surface area contributed by atoms with E-state index >= 15 is 0 Å². The van der Waals surface area contributed by atoms with E-state index in [1.807, 2.05) is 37.3 Å². The zero-order valence-corrected chi connectivity index (χ0v) is 22.9. The average Bonchev–Trinajstić information content (AvgIpc) is 2.90. The van der Waals surface area contributed by atoms with Crippen LogP contribution in [0.5, 0.6) is 11.5 Å². The maximum absolute atomic E-state index is 12.8. The van der Waals surface area contributed by atoms with Crippen molar-refractivity contribution in [3.05, 3.63) is 65.2 Å². The summed E-state index contributed by atoms with van der Waals surface area (Å²) < 4.78 is 15.8. The first-order valence-corrected chi connectivity index (χ1v) is 13.2. The van der Waals surface area contributed by atoms with E-state index in [-0.39, 0.29) is 30.9 Å². The van der Waals surface area contributed by atoms with Crippen molar-refractivity contribution in [1.29, 1.82) is 0 Å². The van der Waals surface area contributed by atoms with Gasteiger partial charge in [-0.3, -0.25) is 4.79 Å². The summed E-state index contributed by atoms with van der Waals surface area (Å²) in [5.41, 5.74) is 8.79. The summed E-state index contributed by atoms with van der Waals surface area (Å²) in [6.07, 6.45) is 0.287. The fourth-order valence-electron chi connectivity index (χ4n) is 4.12. The number of ether oxygens (including phenoxy) is 3. The Bertz CT molecular complexity index is 1250. The smallest absolute Gasteiger partial charge is 0.342 e. The molecule has 3 rings (SSSR count). The highest BCUT2D eigenvalue weighted by Gasteiger charge is 2.20. The monoisotopic (exact) mass is 562 g/mol. The zero-order chi connectivity index (χ0) is 27.7. The van der Waals surface area contributed by atoms with Gasteiger partial charge in [0, 0.05) is 35.9 Å². The second kappa shape index (κ2) is 14.1. The third-order valence-electron chi connectivity index (χ3n) is 6.06. The third kappa shape index (κ3) is 7.43. The number of carbonyl (C=O) groups excluding carboxylic acids is 2. The number of carbonyl (C=O) groups is 2. The number of halogens is 2. The van der Waals surface area contributed by atoms with Crippen molar-refractivity contribution in [1.82, 2.24) is 0 Å². The standard InChI is InChI=1S/C28H32Cl2N2O6/c1-18-15-21(36-2)17-23-22(18)7-8-25(33)26(23)28(35)38-14-13-37-27(34)24(31)16-19-3-5-20(6-4-19)32(11-9-29)12-10-30/h3-8,15,17,24,33H,9-14,16,31H2,1-2H3/t24-/m1/s1. The van der Waals surface area contributed by atoms with Crippen molar-refractivity contribution in [3.8, 4) is 11.5 Å². The number of alkyl halides is 2. The van der Waals surface area contributed by atoms with Crippen molar-refractivity contribution in [2.75, 3.05) is 50.1 Å². The predicted octanol–water partition coefficient (Wildman–Crippen LogP) is 4.42. The van der Waals surface area contributed by atoms with Gasteiger partial charge in [-0.2, -0.15) is 0 Å². The van der Waals surface area contributed by atoms with Gasteiger partial charge in [0.2, 0.25) is 0 Å². The largest absolute Gasteiger partial charge is 0.507 e. The molecule has 0 spiro atoms. The van der Waals surface area contributed by atoms with Gasteiger partial charge in [-0.25, -0.2) is 4.79 Å². The van der Waals surface area contributed by atoms with Gasteiger partial charge >= 0.3 is 11.9 Å². The first-order chi connectivity index (χ1) is 18.3. The van der Waals surface area contributed by atoms with E-state index in [2.05, 4.69) is 4.90 Å². The number of fused-ring (bicyclic) bond motifs is 1. The Morgan fingerprint density at radius 1 is 0.974 bits per heavy atom. The first kappa shape index (κ1) is 29.4. The molecule has 0 amide bonds. The lowest BCUT2D eigenvalue weighted by Crippen LogP contribution is -2.35. The lowest BCUT2D eigenvalue weighted by molar-refractivity contribution is -0.146. The maximum Gasteiger partial charge on any atom is 0.342 e. The van der Waals surface area contributed by atoms with E-state index in [1.165, 1.54) is 13.2 Å². The number of nitrogens with two attached hydrogens (primary N) is 1. The molecular formula is C28H32Cl2N2O6. The minimum atomic E-state index is -0.879. The molecular weight excluding hydrogens is 531 g/mol. The number of aryl methyl sites for hydroxylation is 1. The highest BCUT2D eigenvalue weighted by molar-refractivity contribution is 6.18. The maximum atomic E-state index is 12.8. The Labute approximate surface area is 232 Å². The molecule has 0 unspecified atom stereocenters. The van der Waals surface area contributed by atoms with Gasteiger partial charge in [-0.05, 0) is 60.2 Å². The van der Waals surface area contributed by atoms with Crippen LogP contribution in [0.1, 0.15) is 21.5 Å². The summed E-state index contributed by atoms with van der Waals surface area (Å²) in [7, 11) is 1.52. The van der Waals surface area contributed by atoms with Crippen LogP contribution in [0.4, 0.5) is 5.69 Å². The van der Waals surface area contributed by atoms with Crippen LogP contribution in [-0.2, 0) is 20.7 Å². The second-order valence-corrected chi connectivity index (χ2v) is 9.40. The summed E-state index contributed by atoms with van der Waals surface area (Å²) in [4.78, 5) is 27.2. The SMILES string of the molecule is COc1cc(C)c2ccc(O)c(C(=O)OCCOC(=O)[C@H](N)Cc3ccc(N(CCCl)CCCl)cc3)c2c1. The van der Waals surface area contributed by atoms with Crippen LogP contribution in [0.2, 0.25) is 0 Å². The van der Waals surface area contributed by atoms with E-state index in [4.69, 9.17) is 43.1 Å². The first-order valence-electron chi connectivity index (χ1n) is 12.1. The van der Waals surface area contributed by atoms with Crippen molar-refractivity contribution in [2.24, 2.45) is 5.73 Å². The summed E-state index contributed by atoms with van der Waals surface area (Å²) in [6.45, 7) is 2.88. The Balaban J connectivity index is 1.53. The molecule has 0 saturated heterocycles. The second-order valence-electron chi connectivity index (χ2n) is 8.64. The normalized spacial score (nSPS) is 11.7. The Hall–Kier alpha value is -3.20. The number of phenols is 1. The van der Waals surface area contributed by atoms with Crippen LogP contribution in [0.3, 0.4) is 0 Å². The van der Waals surface area contributed by atoms with Gasteiger partial charge in [0.25, 0.3) is 0 Å². The summed E-state index contributed by atoms with van der Waals surface area (Å²) >= 11 is 11.7. The number of aromatic hydroxyl groups is 1. The van der Waals surface area contributed by atoms with Gasteiger partial charge in [-0.15, -0.1) is 23.2 Å². The van der Waals surface area contributed by atoms with E-state index in [0.29, 0.717) is 36.0 Å². The number of hydrogen-bond acceptors (Lipinski definition) is 8. The number of benzene rings is 3. The lowest BCUT2D eigenvalue weighted by atomic mass is 9.99. The topological polar surface area (TPSA) is 111 Å². The number of nitrogens with zero attached hydrogens (tertiary/aromatic N) is 1. The third-order valence-corrected chi connectivity index (χ3v) is 6.40. The number of hydrogen-bond donors (Lipinski definition) is 2. The number of methoxy groups -OCH3 is 1. The van der Waals surface area contributed by atoms with Crippen LogP contribution in [0.15, 0.2) is 48.5 Å². The zero-order valence-electron chi connectivity index (χ0n) is 21.4. The predicted molar refractivity (Wildman–Crippen MR) is 150 cm³/mol. The van der Waals surface area contributed by atoms with E-state index in [9.17, 15) is 14.7 Å². The van der Waals surface area contributed by atoms with Gasteiger partial charge < -0.3 is 30.0 Å². The summed E-state index contributed by atoms with van der Waals surface area (Å²) in [5, 5.41) is 11.6. The molecule has 0 aromatic heterocycles. The van der Waals surface area contributed by atoms with Gasteiger partial charge in [0.1, 0.15) is 36.3 Å². The molecule has 0 aliphatic rings. The van der Waals surface area contributed by atoms with Crippen molar-refractivity contribution >= 4 is 51.6 Å². The molecule has 0 heterocycles. The van der Waals surface area contributed by atoms with Crippen LogP contribution in [0, 0.1) is 6.92 Å². The molecule has 0 bridgehead atoms. The summed E-state index contributed by atoms with van der Waals surface area (Å²) in [6, 6.07) is 13.5. The van der Waals surface area contributed by atoms with E-state index < -0.39 is 18.0 Å². The molecule has 3 N–H and O–H groups in total. The highest BCUT2D eigenvalue weighted by atomic mass is 35.5. The lowest BCUT2D eigenvalue weighted by Gasteiger charge is -2.23. The van der Waals surface area contributed by atoms with Crippen molar-refractivity contribution in [3.63, 3.8) is 0 Å². The van der Waals surface area contributed by atoms with Crippen LogP contribution < -0.4 is 15.4 Å². The number of rotatable bonds is 13. The van der Waals surface area contributed by atoms with Crippen molar-refractivity contribution in [2.45, 2.75) is 19.4 Å². The molecule has 0 saturated carbocycles. The molecule has 0 radical (unpaired) electrons. The Morgan fingerprint density at radius 2 is 1.63 bits per heavy atom. The Morgan fingerprint density at radius 3 is 2.26 bits per heavy atom.